The van der Waals surface area contributed by atoms with Gasteiger partial charge in [0.2, 0.25) is 0 Å². The Morgan fingerprint density at radius 1 is 1.62 bits per heavy atom. The summed E-state index contributed by atoms with van der Waals surface area (Å²) >= 11 is 0. The zero-order chi connectivity index (χ0) is 9.26. The van der Waals surface area contributed by atoms with Gasteiger partial charge in [0.15, 0.2) is 0 Å². The smallest absolute Gasteiger partial charge is 0.0301 e. The zero-order valence-electron chi connectivity index (χ0n) is 8.03. The van der Waals surface area contributed by atoms with Gasteiger partial charge in [0.05, 0.1) is 0 Å². The van der Waals surface area contributed by atoms with Crippen LogP contribution in [0.15, 0.2) is 18.5 Å². The van der Waals surface area contributed by atoms with Crippen molar-refractivity contribution < 1.29 is 0 Å². The Hall–Kier alpha value is -0.890. The lowest BCUT2D eigenvalue weighted by Gasteiger charge is -2.13. The summed E-state index contributed by atoms with van der Waals surface area (Å²) in [5.41, 5.74) is 8.59. The number of hydrogen-bond acceptors (Lipinski definition) is 2. The van der Waals surface area contributed by atoms with Crippen molar-refractivity contribution in [2.75, 3.05) is 0 Å². The Labute approximate surface area is 79.2 Å². The fourth-order valence-corrected chi connectivity index (χ4v) is 1.74. The Kier molecular flexibility index (Phi) is 2.32. The summed E-state index contributed by atoms with van der Waals surface area (Å²) in [5.74, 6) is 0.891. The molecular formula is C11H16N2. The lowest BCUT2D eigenvalue weighted by atomic mass is 10.00. The minimum absolute atomic E-state index is 0.218. The van der Waals surface area contributed by atoms with E-state index in [4.69, 9.17) is 5.73 Å². The molecule has 0 aromatic carbocycles. The molecule has 2 rings (SSSR count). The summed E-state index contributed by atoms with van der Waals surface area (Å²) in [4.78, 5) is 4.07. The molecule has 0 bridgehead atoms. The molecule has 2 N–H and O–H groups in total. The maximum absolute atomic E-state index is 6.11. The number of pyridine rings is 1. The molecule has 1 aliphatic carbocycles. The second kappa shape index (κ2) is 3.46. The molecule has 0 amide bonds. The van der Waals surface area contributed by atoms with E-state index in [-0.39, 0.29) is 6.04 Å². The summed E-state index contributed by atoms with van der Waals surface area (Å²) in [6, 6.07) is 2.26. The van der Waals surface area contributed by atoms with Gasteiger partial charge in [-0.2, -0.15) is 0 Å². The molecule has 0 aliphatic heterocycles. The molecule has 1 aromatic rings. The first-order chi connectivity index (χ1) is 6.27. The number of aromatic nitrogens is 1. The molecule has 1 aliphatic rings. The van der Waals surface area contributed by atoms with Crippen LogP contribution in [0.5, 0.6) is 0 Å². The maximum Gasteiger partial charge on any atom is 0.0301 e. The molecule has 1 aromatic heterocycles. The monoisotopic (exact) mass is 176 g/mol. The highest BCUT2D eigenvalue weighted by atomic mass is 14.7. The topological polar surface area (TPSA) is 38.9 Å². The minimum atomic E-state index is 0.218. The van der Waals surface area contributed by atoms with Crippen molar-refractivity contribution in [1.82, 2.24) is 4.98 Å². The van der Waals surface area contributed by atoms with Crippen LogP contribution in [-0.2, 0) is 0 Å². The van der Waals surface area contributed by atoms with Crippen molar-refractivity contribution in [2.24, 2.45) is 11.7 Å². The number of nitrogens with zero attached hydrogens (tertiary/aromatic N) is 1. The van der Waals surface area contributed by atoms with Crippen LogP contribution in [-0.4, -0.2) is 4.98 Å². The second-order valence-corrected chi connectivity index (χ2v) is 4.02. The van der Waals surface area contributed by atoms with Gasteiger partial charge in [-0.25, -0.2) is 0 Å². The third-order valence-electron chi connectivity index (χ3n) is 2.75. The van der Waals surface area contributed by atoms with Gasteiger partial charge < -0.3 is 5.73 Å². The molecule has 2 heteroatoms. The molecule has 13 heavy (non-hydrogen) atoms. The molecule has 1 saturated carbocycles. The van der Waals surface area contributed by atoms with E-state index < -0.39 is 0 Å². The van der Waals surface area contributed by atoms with E-state index in [0.717, 1.165) is 12.3 Å². The lowest BCUT2D eigenvalue weighted by molar-refractivity contribution is 0.594. The van der Waals surface area contributed by atoms with E-state index in [1.165, 1.54) is 24.0 Å². The summed E-state index contributed by atoms with van der Waals surface area (Å²) in [7, 11) is 0. The van der Waals surface area contributed by atoms with Crippen LogP contribution in [0, 0.1) is 12.8 Å². The number of aryl methyl sites for hydroxylation is 1. The average molecular weight is 176 g/mol. The molecule has 1 heterocycles. The third kappa shape index (κ3) is 2.07. The van der Waals surface area contributed by atoms with Crippen LogP contribution in [0.4, 0.5) is 0 Å². The summed E-state index contributed by atoms with van der Waals surface area (Å²) in [5, 5.41) is 0. The average Bonchev–Trinajstić information content (AvgIpc) is 2.89. The van der Waals surface area contributed by atoms with Crippen LogP contribution in [0.3, 0.4) is 0 Å². The SMILES string of the molecule is Cc1cnccc1C(N)CC1CC1. The standard InChI is InChI=1S/C11H16N2/c1-8-7-13-5-4-10(8)11(12)6-9-2-3-9/h4-5,7,9,11H,2-3,6,12H2,1H3. The minimum Gasteiger partial charge on any atom is -0.324 e. The van der Waals surface area contributed by atoms with E-state index in [2.05, 4.69) is 11.9 Å². The van der Waals surface area contributed by atoms with Crippen molar-refractivity contribution in [1.29, 1.82) is 0 Å². The van der Waals surface area contributed by atoms with Gasteiger partial charge in [-0.05, 0) is 36.5 Å². The second-order valence-electron chi connectivity index (χ2n) is 4.02. The van der Waals surface area contributed by atoms with Gasteiger partial charge in [-0.15, -0.1) is 0 Å². The van der Waals surface area contributed by atoms with Gasteiger partial charge in [-0.3, -0.25) is 4.98 Å². The molecule has 0 spiro atoms. The highest BCUT2D eigenvalue weighted by Crippen LogP contribution is 2.37. The molecule has 0 radical (unpaired) electrons. The molecule has 1 atom stereocenters. The molecule has 0 saturated heterocycles. The van der Waals surface area contributed by atoms with Crippen molar-refractivity contribution in [3.8, 4) is 0 Å². The predicted octanol–water partition coefficient (Wildman–Crippen LogP) is 2.19. The molecule has 70 valence electrons. The first kappa shape index (κ1) is 8.70. The summed E-state index contributed by atoms with van der Waals surface area (Å²) in [6.07, 6.45) is 7.61. The number of hydrogen-bond donors (Lipinski definition) is 1. The number of nitrogens with two attached hydrogens (primary N) is 1. The van der Waals surface area contributed by atoms with Crippen molar-refractivity contribution in [3.63, 3.8) is 0 Å². The molecule has 1 fully saturated rings. The Morgan fingerprint density at radius 2 is 2.38 bits per heavy atom. The first-order valence-corrected chi connectivity index (χ1v) is 4.93. The molecular weight excluding hydrogens is 160 g/mol. The fourth-order valence-electron chi connectivity index (χ4n) is 1.74. The quantitative estimate of drug-likeness (QED) is 0.766. The van der Waals surface area contributed by atoms with Crippen LogP contribution < -0.4 is 5.73 Å². The predicted molar refractivity (Wildman–Crippen MR) is 53.2 cm³/mol. The van der Waals surface area contributed by atoms with Crippen molar-refractivity contribution >= 4 is 0 Å². The van der Waals surface area contributed by atoms with Crippen LogP contribution in [0.1, 0.15) is 36.4 Å². The van der Waals surface area contributed by atoms with Gasteiger partial charge in [0, 0.05) is 18.4 Å². The van der Waals surface area contributed by atoms with Crippen molar-refractivity contribution in [3.05, 3.63) is 29.6 Å². The van der Waals surface area contributed by atoms with Gasteiger partial charge in [0.25, 0.3) is 0 Å². The first-order valence-electron chi connectivity index (χ1n) is 4.93. The largest absolute Gasteiger partial charge is 0.324 e. The van der Waals surface area contributed by atoms with Crippen LogP contribution >= 0.6 is 0 Å². The molecule has 1 unspecified atom stereocenters. The van der Waals surface area contributed by atoms with Crippen LogP contribution in [0.2, 0.25) is 0 Å². The Balaban J connectivity index is 2.09. The molecule has 2 nitrogen and oxygen atoms in total. The summed E-state index contributed by atoms with van der Waals surface area (Å²) in [6.45, 7) is 2.08. The van der Waals surface area contributed by atoms with E-state index in [1.807, 2.05) is 18.5 Å². The van der Waals surface area contributed by atoms with Gasteiger partial charge in [-0.1, -0.05) is 12.8 Å². The van der Waals surface area contributed by atoms with Crippen LogP contribution in [0.25, 0.3) is 0 Å². The van der Waals surface area contributed by atoms with E-state index in [1.54, 1.807) is 0 Å². The van der Waals surface area contributed by atoms with E-state index in [9.17, 15) is 0 Å². The highest BCUT2D eigenvalue weighted by molar-refractivity contribution is 5.25. The third-order valence-corrected chi connectivity index (χ3v) is 2.75. The van der Waals surface area contributed by atoms with Crippen molar-refractivity contribution in [2.45, 2.75) is 32.2 Å². The maximum atomic E-state index is 6.11. The highest BCUT2D eigenvalue weighted by Gasteiger charge is 2.24. The Bertz CT molecular complexity index is 292. The normalized spacial score (nSPS) is 18.6. The fraction of sp³-hybridized carbons (Fsp3) is 0.545. The number of rotatable bonds is 3. The lowest BCUT2D eigenvalue weighted by Crippen LogP contribution is -2.12. The van der Waals surface area contributed by atoms with E-state index >= 15 is 0 Å². The summed E-state index contributed by atoms with van der Waals surface area (Å²) < 4.78 is 0. The Morgan fingerprint density at radius 3 is 3.00 bits per heavy atom. The van der Waals surface area contributed by atoms with Gasteiger partial charge in [0.1, 0.15) is 0 Å². The van der Waals surface area contributed by atoms with E-state index in [0.29, 0.717) is 0 Å². The van der Waals surface area contributed by atoms with Gasteiger partial charge >= 0.3 is 0 Å². The zero-order valence-corrected chi connectivity index (χ0v) is 8.03.